The van der Waals surface area contributed by atoms with Crippen LogP contribution in [0.3, 0.4) is 0 Å². The van der Waals surface area contributed by atoms with E-state index in [-0.39, 0.29) is 11.5 Å². The summed E-state index contributed by atoms with van der Waals surface area (Å²) in [5.41, 5.74) is 6.75. The molecule has 2 aromatic heterocycles. The average molecular weight is 248 g/mol. The van der Waals surface area contributed by atoms with E-state index in [2.05, 4.69) is 25.2 Å². The van der Waals surface area contributed by atoms with Crippen molar-refractivity contribution in [2.75, 3.05) is 30.0 Å². The molecular weight excluding hydrogens is 236 g/mol. The summed E-state index contributed by atoms with van der Waals surface area (Å²) >= 11 is 0. The molecule has 8 nitrogen and oxygen atoms in total. The van der Waals surface area contributed by atoms with E-state index in [1.165, 1.54) is 6.20 Å². The van der Waals surface area contributed by atoms with E-state index in [1.807, 2.05) is 19.0 Å². The minimum atomic E-state index is -0.496. The number of pyridine rings is 1. The third-order valence-electron chi connectivity index (χ3n) is 2.26. The Hall–Kier alpha value is -2.64. The molecule has 1 amide bonds. The Morgan fingerprint density at radius 2 is 2.22 bits per heavy atom. The lowest BCUT2D eigenvalue weighted by atomic mass is 10.3. The predicted octanol–water partition coefficient (Wildman–Crippen LogP) is 0.365. The largest absolute Gasteiger partial charge is 0.379 e. The average Bonchev–Trinajstić information content (AvgIpc) is 2.76. The number of aromatic nitrogens is 3. The third kappa shape index (κ3) is 2.21. The quantitative estimate of drug-likeness (QED) is 0.807. The molecule has 0 saturated heterocycles. The molecule has 3 N–H and O–H groups in total. The number of hydrogen-bond donors (Lipinski definition) is 2. The molecule has 0 bridgehead atoms. The van der Waals surface area contributed by atoms with E-state index in [1.54, 1.807) is 12.3 Å². The molecule has 0 aromatic carbocycles. The molecule has 8 heteroatoms. The topological polar surface area (TPSA) is 110 Å². The fourth-order valence-electron chi connectivity index (χ4n) is 1.41. The number of nitrogen functional groups attached to an aromatic ring is 1. The van der Waals surface area contributed by atoms with Crippen LogP contribution in [0.25, 0.3) is 0 Å². The maximum absolute atomic E-state index is 11.9. The molecule has 0 aliphatic heterocycles. The van der Waals surface area contributed by atoms with Crippen LogP contribution < -0.4 is 16.0 Å². The van der Waals surface area contributed by atoms with Gasteiger partial charge in [0.15, 0.2) is 0 Å². The second-order valence-electron chi connectivity index (χ2n) is 3.74. The minimum Gasteiger partial charge on any atom is -0.379 e. The highest BCUT2D eigenvalue weighted by molar-refractivity contribution is 6.06. The number of carbonyl (C=O) groups is 1. The van der Waals surface area contributed by atoms with Crippen LogP contribution in [0.15, 0.2) is 23.1 Å². The molecular formula is C10H12N6O2. The lowest BCUT2D eigenvalue weighted by Crippen LogP contribution is -2.18. The smallest absolute Gasteiger partial charge is 0.281 e. The molecule has 0 aliphatic rings. The molecule has 94 valence electrons. The van der Waals surface area contributed by atoms with Gasteiger partial charge in [0.2, 0.25) is 11.5 Å². The molecule has 0 fully saturated rings. The van der Waals surface area contributed by atoms with Gasteiger partial charge in [-0.3, -0.25) is 9.78 Å². The molecule has 2 rings (SSSR count). The van der Waals surface area contributed by atoms with Crippen molar-refractivity contribution in [3.63, 3.8) is 0 Å². The third-order valence-corrected chi connectivity index (χ3v) is 2.26. The number of nitrogens with one attached hydrogen (secondary N) is 1. The Balaban J connectivity index is 2.25. The molecule has 0 radical (unpaired) electrons. The SMILES string of the molecule is CN(C)c1ccncc1NC(=O)c1nonc1N. The summed E-state index contributed by atoms with van der Waals surface area (Å²) in [5.74, 6) is -0.548. The number of hydrogen-bond acceptors (Lipinski definition) is 7. The lowest BCUT2D eigenvalue weighted by Gasteiger charge is -2.16. The maximum Gasteiger partial charge on any atom is 0.281 e. The van der Waals surface area contributed by atoms with Crippen LogP contribution in [0.2, 0.25) is 0 Å². The fraction of sp³-hybridized carbons (Fsp3) is 0.200. The summed E-state index contributed by atoms with van der Waals surface area (Å²) in [4.78, 5) is 17.7. The van der Waals surface area contributed by atoms with Gasteiger partial charge in [-0.05, 0) is 16.4 Å². The minimum absolute atomic E-state index is 0.0523. The Morgan fingerprint density at radius 1 is 1.44 bits per heavy atom. The van der Waals surface area contributed by atoms with Gasteiger partial charge in [0.25, 0.3) is 5.91 Å². The van der Waals surface area contributed by atoms with Gasteiger partial charge in [-0.25, -0.2) is 4.63 Å². The summed E-state index contributed by atoms with van der Waals surface area (Å²) in [6.45, 7) is 0. The van der Waals surface area contributed by atoms with Crippen molar-refractivity contribution in [3.05, 3.63) is 24.2 Å². The molecule has 0 unspecified atom stereocenters. The van der Waals surface area contributed by atoms with E-state index in [4.69, 9.17) is 5.73 Å². The van der Waals surface area contributed by atoms with Gasteiger partial charge in [0.05, 0.1) is 17.6 Å². The summed E-state index contributed by atoms with van der Waals surface area (Å²) in [6, 6.07) is 1.78. The number of nitrogens with zero attached hydrogens (tertiary/aromatic N) is 4. The summed E-state index contributed by atoms with van der Waals surface area (Å²) in [6.07, 6.45) is 3.17. The van der Waals surface area contributed by atoms with E-state index >= 15 is 0 Å². The van der Waals surface area contributed by atoms with Crippen LogP contribution in [0.4, 0.5) is 17.2 Å². The van der Waals surface area contributed by atoms with Crippen molar-refractivity contribution in [2.45, 2.75) is 0 Å². The number of rotatable bonds is 3. The zero-order chi connectivity index (χ0) is 13.1. The highest BCUT2D eigenvalue weighted by Crippen LogP contribution is 2.23. The van der Waals surface area contributed by atoms with Gasteiger partial charge in [0, 0.05) is 20.3 Å². The first-order valence-corrected chi connectivity index (χ1v) is 5.10. The van der Waals surface area contributed by atoms with E-state index in [0.717, 1.165) is 5.69 Å². The molecule has 2 heterocycles. The number of amides is 1. The van der Waals surface area contributed by atoms with Crippen molar-refractivity contribution in [1.29, 1.82) is 0 Å². The van der Waals surface area contributed by atoms with Crippen LogP contribution in [-0.2, 0) is 0 Å². The van der Waals surface area contributed by atoms with E-state index in [9.17, 15) is 4.79 Å². The number of carbonyl (C=O) groups excluding carboxylic acids is 1. The zero-order valence-electron chi connectivity index (χ0n) is 9.91. The number of nitrogens with two attached hydrogens (primary N) is 1. The van der Waals surface area contributed by atoms with Crippen LogP contribution in [-0.4, -0.2) is 35.3 Å². The highest BCUT2D eigenvalue weighted by Gasteiger charge is 2.17. The first kappa shape index (κ1) is 11.8. The van der Waals surface area contributed by atoms with Gasteiger partial charge < -0.3 is 16.0 Å². The normalized spacial score (nSPS) is 10.1. The fourth-order valence-corrected chi connectivity index (χ4v) is 1.41. The van der Waals surface area contributed by atoms with Crippen molar-refractivity contribution in [3.8, 4) is 0 Å². The van der Waals surface area contributed by atoms with E-state index in [0.29, 0.717) is 5.69 Å². The standard InChI is InChI=1S/C10H12N6O2/c1-16(2)7-3-4-12-5-6(7)13-10(17)8-9(11)15-18-14-8/h3-5H,1-2H3,(H2,11,15)(H,13,17). The highest BCUT2D eigenvalue weighted by atomic mass is 16.6. The van der Waals surface area contributed by atoms with Crippen LogP contribution in [0.5, 0.6) is 0 Å². The molecule has 0 atom stereocenters. The van der Waals surface area contributed by atoms with E-state index < -0.39 is 5.91 Å². The first-order valence-electron chi connectivity index (χ1n) is 5.10. The van der Waals surface area contributed by atoms with Crippen molar-refractivity contribution in [1.82, 2.24) is 15.3 Å². The van der Waals surface area contributed by atoms with Gasteiger partial charge in [-0.15, -0.1) is 0 Å². The molecule has 2 aromatic rings. The Labute approximate surface area is 103 Å². The van der Waals surface area contributed by atoms with Crippen molar-refractivity contribution >= 4 is 23.1 Å². The Morgan fingerprint density at radius 3 is 2.83 bits per heavy atom. The predicted molar refractivity (Wildman–Crippen MR) is 65.2 cm³/mol. The van der Waals surface area contributed by atoms with Crippen LogP contribution >= 0.6 is 0 Å². The zero-order valence-corrected chi connectivity index (χ0v) is 9.91. The molecule has 0 saturated carbocycles. The molecule has 18 heavy (non-hydrogen) atoms. The Bertz CT molecular complexity index is 565. The summed E-state index contributed by atoms with van der Waals surface area (Å²) < 4.78 is 4.37. The molecule has 0 spiro atoms. The van der Waals surface area contributed by atoms with Crippen molar-refractivity contribution in [2.24, 2.45) is 0 Å². The first-order chi connectivity index (χ1) is 8.59. The lowest BCUT2D eigenvalue weighted by molar-refractivity contribution is 0.101. The Kier molecular flexibility index (Phi) is 3.09. The van der Waals surface area contributed by atoms with Crippen LogP contribution in [0.1, 0.15) is 10.5 Å². The van der Waals surface area contributed by atoms with Gasteiger partial charge in [-0.1, -0.05) is 0 Å². The second-order valence-corrected chi connectivity index (χ2v) is 3.74. The van der Waals surface area contributed by atoms with Gasteiger partial charge >= 0.3 is 0 Å². The van der Waals surface area contributed by atoms with Gasteiger partial charge in [-0.2, -0.15) is 0 Å². The van der Waals surface area contributed by atoms with Crippen LogP contribution in [0, 0.1) is 0 Å². The summed E-state index contributed by atoms with van der Waals surface area (Å²) in [5, 5.41) is 9.42. The van der Waals surface area contributed by atoms with Gasteiger partial charge in [0.1, 0.15) is 0 Å². The maximum atomic E-state index is 11.9. The summed E-state index contributed by atoms with van der Waals surface area (Å²) in [7, 11) is 3.72. The molecule has 0 aliphatic carbocycles. The number of anilines is 3. The van der Waals surface area contributed by atoms with Crippen molar-refractivity contribution < 1.29 is 9.42 Å². The second kappa shape index (κ2) is 4.70. The monoisotopic (exact) mass is 248 g/mol.